The topological polar surface area (TPSA) is 76.3 Å². The molecule has 4 aromatic rings. The van der Waals surface area contributed by atoms with Gasteiger partial charge in [0.2, 0.25) is 5.91 Å². The highest BCUT2D eigenvalue weighted by atomic mass is 32.1. The lowest BCUT2D eigenvalue weighted by Gasteiger charge is -2.19. The van der Waals surface area contributed by atoms with Gasteiger partial charge in [0, 0.05) is 17.9 Å². The fraction of sp³-hybridized carbons (Fsp3) is 0.136. The van der Waals surface area contributed by atoms with Gasteiger partial charge in [-0.15, -0.1) is 21.5 Å². The van der Waals surface area contributed by atoms with E-state index in [9.17, 15) is 4.79 Å². The van der Waals surface area contributed by atoms with Crippen LogP contribution < -0.4 is 4.90 Å². The predicted molar refractivity (Wildman–Crippen MR) is 119 cm³/mol. The first-order chi connectivity index (χ1) is 14.5. The Hall–Kier alpha value is -3.65. The highest BCUT2D eigenvalue weighted by molar-refractivity contribution is 7.14. The molecular formula is C22H20N6OS. The molecule has 0 saturated carbocycles. The van der Waals surface area contributed by atoms with Crippen molar-refractivity contribution in [3.8, 4) is 11.4 Å². The van der Waals surface area contributed by atoms with Crippen molar-refractivity contribution in [3.63, 3.8) is 0 Å². The number of benzene rings is 2. The number of carbonyl (C=O) groups is 1. The van der Waals surface area contributed by atoms with E-state index in [1.807, 2.05) is 67.8 Å². The first-order valence-corrected chi connectivity index (χ1v) is 10.2. The summed E-state index contributed by atoms with van der Waals surface area (Å²) in [5.74, 6) is 0.545. The van der Waals surface area contributed by atoms with Crippen molar-refractivity contribution in [2.45, 2.75) is 20.8 Å². The maximum Gasteiger partial charge on any atom is 0.230 e. The molecule has 0 aliphatic rings. The Balaban J connectivity index is 1.60. The van der Waals surface area contributed by atoms with Crippen molar-refractivity contribution < 1.29 is 4.79 Å². The molecule has 2 aromatic heterocycles. The molecule has 150 valence electrons. The molecule has 0 aliphatic carbocycles. The van der Waals surface area contributed by atoms with E-state index in [1.54, 1.807) is 22.1 Å². The maximum atomic E-state index is 12.3. The molecule has 0 radical (unpaired) electrons. The molecule has 2 aromatic carbocycles. The number of anilines is 2. The lowest BCUT2D eigenvalue weighted by atomic mass is 10.1. The average Bonchev–Trinajstić information content (AvgIpc) is 3.39. The van der Waals surface area contributed by atoms with Crippen LogP contribution in [0.2, 0.25) is 0 Å². The lowest BCUT2D eigenvalue weighted by molar-refractivity contribution is -0.115. The zero-order valence-corrected chi connectivity index (χ0v) is 17.7. The van der Waals surface area contributed by atoms with Crippen LogP contribution in [0.25, 0.3) is 11.4 Å². The number of carbonyl (C=O) groups excluding carboxylic acids is 1. The lowest BCUT2D eigenvalue weighted by Crippen LogP contribution is -2.22. The maximum absolute atomic E-state index is 12.3. The van der Waals surface area contributed by atoms with E-state index in [4.69, 9.17) is 0 Å². The molecule has 0 fully saturated rings. The second-order valence-electron chi connectivity index (χ2n) is 6.79. The Morgan fingerprint density at radius 3 is 2.67 bits per heavy atom. The molecule has 1 amide bonds. The van der Waals surface area contributed by atoms with Crippen LogP contribution in [-0.4, -0.2) is 32.0 Å². The van der Waals surface area contributed by atoms with Crippen LogP contribution in [0.3, 0.4) is 0 Å². The molecule has 0 saturated heterocycles. The largest absolute Gasteiger partial charge is 0.274 e. The smallest absolute Gasteiger partial charge is 0.230 e. The Morgan fingerprint density at radius 2 is 1.93 bits per heavy atom. The molecule has 0 unspecified atom stereocenters. The summed E-state index contributed by atoms with van der Waals surface area (Å²) in [6, 6.07) is 15.7. The number of rotatable bonds is 5. The minimum Gasteiger partial charge on any atom is -0.274 e. The number of nitrogens with zero attached hydrogens (tertiary/aromatic N) is 6. The molecule has 0 atom stereocenters. The zero-order chi connectivity index (χ0) is 21.1. The van der Waals surface area contributed by atoms with Gasteiger partial charge in [0.1, 0.15) is 6.33 Å². The van der Waals surface area contributed by atoms with E-state index >= 15 is 0 Å². The van der Waals surface area contributed by atoms with Gasteiger partial charge in [-0.1, -0.05) is 36.4 Å². The normalized spacial score (nSPS) is 11.2. The van der Waals surface area contributed by atoms with E-state index in [0.717, 1.165) is 16.8 Å². The van der Waals surface area contributed by atoms with Gasteiger partial charge in [-0.2, -0.15) is 9.78 Å². The molecule has 2 heterocycles. The Morgan fingerprint density at radius 1 is 1.13 bits per heavy atom. The zero-order valence-electron chi connectivity index (χ0n) is 16.9. The van der Waals surface area contributed by atoms with Gasteiger partial charge >= 0.3 is 0 Å². The minimum atomic E-state index is -0.0961. The van der Waals surface area contributed by atoms with Crippen LogP contribution in [0.4, 0.5) is 10.8 Å². The summed E-state index contributed by atoms with van der Waals surface area (Å²) in [5, 5.41) is 15.0. The number of thiazole rings is 1. The summed E-state index contributed by atoms with van der Waals surface area (Å²) < 4.78 is 1.60. The van der Waals surface area contributed by atoms with Crippen LogP contribution in [0.5, 0.6) is 0 Å². The number of aryl methyl sites for hydroxylation is 2. The predicted octanol–water partition coefficient (Wildman–Crippen LogP) is 4.59. The van der Waals surface area contributed by atoms with Crippen molar-refractivity contribution in [2.24, 2.45) is 5.10 Å². The first kappa shape index (κ1) is 19.7. The molecule has 0 N–H and O–H groups in total. The molecule has 30 heavy (non-hydrogen) atoms. The number of amides is 1. The van der Waals surface area contributed by atoms with Crippen molar-refractivity contribution >= 4 is 34.3 Å². The van der Waals surface area contributed by atoms with Crippen molar-refractivity contribution in [1.29, 1.82) is 0 Å². The van der Waals surface area contributed by atoms with Gasteiger partial charge in [0.25, 0.3) is 0 Å². The summed E-state index contributed by atoms with van der Waals surface area (Å²) in [5.41, 5.74) is 4.67. The summed E-state index contributed by atoms with van der Waals surface area (Å²) in [4.78, 5) is 18.5. The van der Waals surface area contributed by atoms with E-state index in [1.165, 1.54) is 23.8 Å². The third-order valence-electron chi connectivity index (χ3n) is 4.64. The molecule has 7 nitrogen and oxygen atoms in total. The molecule has 0 aliphatic heterocycles. The Labute approximate surface area is 178 Å². The van der Waals surface area contributed by atoms with Gasteiger partial charge in [-0.3, -0.25) is 9.69 Å². The fourth-order valence-electron chi connectivity index (χ4n) is 2.94. The second kappa shape index (κ2) is 8.38. The van der Waals surface area contributed by atoms with E-state index < -0.39 is 0 Å². The third kappa shape index (κ3) is 4.04. The summed E-state index contributed by atoms with van der Waals surface area (Å²) in [7, 11) is 0. The van der Waals surface area contributed by atoms with E-state index in [2.05, 4.69) is 20.3 Å². The highest BCUT2D eigenvalue weighted by Gasteiger charge is 2.18. The average molecular weight is 417 g/mol. The SMILES string of the molecule is CC(=O)N(c1ccc(C)c(C)c1)c1nc(/C=N\n2cnnc2-c2ccccc2)cs1. The number of aromatic nitrogens is 4. The van der Waals surface area contributed by atoms with Gasteiger partial charge in [0.15, 0.2) is 11.0 Å². The second-order valence-corrected chi connectivity index (χ2v) is 7.62. The highest BCUT2D eigenvalue weighted by Crippen LogP contribution is 2.30. The van der Waals surface area contributed by atoms with Crippen LogP contribution >= 0.6 is 11.3 Å². The Bertz CT molecular complexity index is 1210. The number of hydrogen-bond donors (Lipinski definition) is 0. The Kier molecular flexibility index (Phi) is 5.49. The molecule has 4 rings (SSSR count). The molecule has 8 heteroatoms. The summed E-state index contributed by atoms with van der Waals surface area (Å²) in [6.07, 6.45) is 3.18. The van der Waals surface area contributed by atoms with E-state index in [-0.39, 0.29) is 5.91 Å². The van der Waals surface area contributed by atoms with Crippen LogP contribution in [0.1, 0.15) is 23.7 Å². The van der Waals surface area contributed by atoms with Gasteiger partial charge in [-0.25, -0.2) is 4.98 Å². The minimum absolute atomic E-state index is 0.0961. The monoisotopic (exact) mass is 416 g/mol. The van der Waals surface area contributed by atoms with E-state index in [0.29, 0.717) is 16.6 Å². The van der Waals surface area contributed by atoms with Crippen LogP contribution in [0, 0.1) is 13.8 Å². The first-order valence-electron chi connectivity index (χ1n) is 9.36. The molecule has 0 spiro atoms. The standard InChI is InChI=1S/C22H20N6OS/c1-15-9-10-20(11-16(15)2)28(17(3)29)22-25-19(13-30-22)12-24-27-14-23-26-21(27)18-7-5-4-6-8-18/h4-14H,1-3H3/b24-12-. The van der Waals surface area contributed by atoms with Gasteiger partial charge < -0.3 is 0 Å². The van der Waals surface area contributed by atoms with Crippen LogP contribution in [0.15, 0.2) is 65.3 Å². The van der Waals surface area contributed by atoms with Gasteiger partial charge in [0.05, 0.1) is 17.6 Å². The van der Waals surface area contributed by atoms with Crippen molar-refractivity contribution in [1.82, 2.24) is 19.9 Å². The molecule has 0 bridgehead atoms. The van der Waals surface area contributed by atoms with Crippen LogP contribution in [-0.2, 0) is 4.79 Å². The van der Waals surface area contributed by atoms with Crippen molar-refractivity contribution in [3.05, 3.63) is 77.1 Å². The quantitative estimate of drug-likeness (QED) is 0.446. The summed E-state index contributed by atoms with van der Waals surface area (Å²) >= 11 is 1.39. The third-order valence-corrected chi connectivity index (χ3v) is 5.49. The van der Waals surface area contributed by atoms with Gasteiger partial charge in [-0.05, 0) is 37.1 Å². The van der Waals surface area contributed by atoms with Crippen molar-refractivity contribution in [2.75, 3.05) is 4.90 Å². The summed E-state index contributed by atoms with van der Waals surface area (Å²) in [6.45, 7) is 5.61. The fourth-order valence-corrected chi connectivity index (χ4v) is 3.78. The number of hydrogen-bond acceptors (Lipinski definition) is 6. The molecular weight excluding hydrogens is 396 g/mol.